The average Bonchev–Trinajstić information content (AvgIpc) is 2.35. The number of primary amides is 1. The fourth-order valence-corrected chi connectivity index (χ4v) is 2.13. The summed E-state index contributed by atoms with van der Waals surface area (Å²) in [5, 5.41) is 3.16. The fraction of sp³-hybridized carbons (Fsp3) is 0.0714. The maximum atomic E-state index is 11.4. The Morgan fingerprint density at radius 1 is 1.26 bits per heavy atom. The Morgan fingerprint density at radius 3 is 2.68 bits per heavy atom. The second-order valence-corrected chi connectivity index (χ2v) is 5.10. The van der Waals surface area contributed by atoms with E-state index in [1.54, 1.807) is 18.2 Å². The predicted molar refractivity (Wildman–Crippen MR) is 81.5 cm³/mol. The van der Waals surface area contributed by atoms with Gasteiger partial charge in [0, 0.05) is 4.47 Å². The van der Waals surface area contributed by atoms with Crippen molar-refractivity contribution in [2.45, 2.75) is 6.92 Å². The molecule has 4 nitrogen and oxygen atoms in total. The van der Waals surface area contributed by atoms with E-state index in [1.165, 1.54) is 0 Å². The molecule has 0 bridgehead atoms. The number of carbonyl (C=O) groups excluding carboxylic acids is 1. The van der Waals surface area contributed by atoms with Crippen LogP contribution in [0.15, 0.2) is 40.9 Å². The minimum Gasteiger partial charge on any atom is -0.397 e. The Bertz CT molecular complexity index is 641. The molecule has 0 aliphatic heterocycles. The topological polar surface area (TPSA) is 81.1 Å². The predicted octanol–water partition coefficient (Wildman–Crippen LogP) is 3.18. The third-order valence-electron chi connectivity index (χ3n) is 2.74. The minimum absolute atomic E-state index is 0.369. The number of nitrogens with one attached hydrogen (secondary N) is 1. The molecule has 0 saturated heterocycles. The Hall–Kier alpha value is -2.01. The zero-order chi connectivity index (χ0) is 14.0. The van der Waals surface area contributed by atoms with Gasteiger partial charge in [0.1, 0.15) is 0 Å². The quantitative estimate of drug-likeness (QED) is 0.760. The Labute approximate surface area is 119 Å². The van der Waals surface area contributed by atoms with Gasteiger partial charge in [-0.3, -0.25) is 4.79 Å². The van der Waals surface area contributed by atoms with Crippen molar-refractivity contribution in [3.63, 3.8) is 0 Å². The number of amides is 1. The molecule has 0 saturated carbocycles. The van der Waals surface area contributed by atoms with Crippen LogP contribution in [-0.2, 0) is 0 Å². The molecule has 0 radical (unpaired) electrons. The van der Waals surface area contributed by atoms with E-state index < -0.39 is 5.91 Å². The Balaban J connectivity index is 2.49. The van der Waals surface area contributed by atoms with Crippen LogP contribution >= 0.6 is 15.9 Å². The summed E-state index contributed by atoms with van der Waals surface area (Å²) in [4.78, 5) is 11.4. The van der Waals surface area contributed by atoms with Crippen molar-refractivity contribution in [3.8, 4) is 0 Å². The summed E-state index contributed by atoms with van der Waals surface area (Å²) in [5.74, 6) is -0.515. The summed E-state index contributed by atoms with van der Waals surface area (Å²) in [6.45, 7) is 1.99. The van der Waals surface area contributed by atoms with Crippen LogP contribution in [0.4, 0.5) is 17.1 Å². The SMILES string of the molecule is Cc1ccc(Br)c(Nc2c(N)cccc2C(N)=O)c1. The molecule has 0 atom stereocenters. The molecule has 0 heterocycles. The molecule has 19 heavy (non-hydrogen) atoms. The largest absolute Gasteiger partial charge is 0.397 e. The number of nitrogen functional groups attached to an aromatic ring is 1. The van der Waals surface area contributed by atoms with Gasteiger partial charge in [0.25, 0.3) is 5.91 Å². The van der Waals surface area contributed by atoms with Gasteiger partial charge in [0.15, 0.2) is 0 Å². The molecule has 0 aliphatic carbocycles. The Kier molecular flexibility index (Phi) is 3.76. The van der Waals surface area contributed by atoms with Crippen LogP contribution in [0.5, 0.6) is 0 Å². The van der Waals surface area contributed by atoms with E-state index in [1.807, 2.05) is 25.1 Å². The maximum absolute atomic E-state index is 11.4. The van der Waals surface area contributed by atoms with Gasteiger partial charge in [0.05, 0.1) is 22.6 Å². The second-order valence-electron chi connectivity index (χ2n) is 4.24. The number of hydrogen-bond acceptors (Lipinski definition) is 3. The highest BCUT2D eigenvalue weighted by molar-refractivity contribution is 9.10. The lowest BCUT2D eigenvalue weighted by molar-refractivity contribution is 0.100. The number of nitrogens with two attached hydrogens (primary N) is 2. The van der Waals surface area contributed by atoms with Gasteiger partial charge < -0.3 is 16.8 Å². The number of aryl methyl sites for hydroxylation is 1. The molecule has 1 amide bonds. The number of hydrogen-bond donors (Lipinski definition) is 3. The van der Waals surface area contributed by atoms with Crippen molar-refractivity contribution < 1.29 is 4.79 Å². The zero-order valence-electron chi connectivity index (χ0n) is 10.4. The van der Waals surface area contributed by atoms with E-state index in [9.17, 15) is 4.79 Å². The van der Waals surface area contributed by atoms with Gasteiger partial charge in [0.2, 0.25) is 0 Å². The molecule has 5 N–H and O–H groups in total. The van der Waals surface area contributed by atoms with Gasteiger partial charge in [-0.25, -0.2) is 0 Å². The smallest absolute Gasteiger partial charge is 0.250 e. The maximum Gasteiger partial charge on any atom is 0.250 e. The second kappa shape index (κ2) is 5.32. The van der Waals surface area contributed by atoms with Crippen LogP contribution < -0.4 is 16.8 Å². The number of carbonyl (C=O) groups is 1. The highest BCUT2D eigenvalue weighted by Gasteiger charge is 2.12. The highest BCUT2D eigenvalue weighted by Crippen LogP contribution is 2.31. The molecule has 0 aromatic heterocycles. The van der Waals surface area contributed by atoms with Gasteiger partial charge in [-0.1, -0.05) is 12.1 Å². The molecular weight excluding hydrogens is 306 g/mol. The molecule has 5 heteroatoms. The van der Waals surface area contributed by atoms with Crippen LogP contribution in [0.3, 0.4) is 0 Å². The van der Waals surface area contributed by atoms with Crippen LogP contribution in [-0.4, -0.2) is 5.91 Å². The fourth-order valence-electron chi connectivity index (χ4n) is 1.78. The molecule has 0 fully saturated rings. The van der Waals surface area contributed by atoms with Gasteiger partial charge in [-0.15, -0.1) is 0 Å². The molecule has 98 valence electrons. The van der Waals surface area contributed by atoms with E-state index >= 15 is 0 Å². The molecule has 0 unspecified atom stereocenters. The zero-order valence-corrected chi connectivity index (χ0v) is 12.0. The molecule has 0 aliphatic rings. The molecule has 2 rings (SSSR count). The summed E-state index contributed by atoms with van der Waals surface area (Å²) in [5.41, 5.74) is 14.6. The first kappa shape index (κ1) is 13.4. The first-order valence-corrected chi connectivity index (χ1v) is 6.50. The summed E-state index contributed by atoms with van der Waals surface area (Å²) < 4.78 is 0.886. The number of benzene rings is 2. The lowest BCUT2D eigenvalue weighted by Crippen LogP contribution is -2.14. The third-order valence-corrected chi connectivity index (χ3v) is 3.44. The molecule has 0 spiro atoms. The normalized spacial score (nSPS) is 10.2. The monoisotopic (exact) mass is 319 g/mol. The van der Waals surface area contributed by atoms with E-state index in [2.05, 4.69) is 21.2 Å². The van der Waals surface area contributed by atoms with E-state index in [4.69, 9.17) is 11.5 Å². The van der Waals surface area contributed by atoms with Crippen LogP contribution in [0, 0.1) is 6.92 Å². The van der Waals surface area contributed by atoms with Crippen LogP contribution in [0.1, 0.15) is 15.9 Å². The first-order valence-electron chi connectivity index (χ1n) is 5.70. The number of halogens is 1. The van der Waals surface area contributed by atoms with E-state index in [0.717, 1.165) is 15.7 Å². The lowest BCUT2D eigenvalue weighted by atomic mass is 10.1. The van der Waals surface area contributed by atoms with Crippen molar-refractivity contribution in [2.24, 2.45) is 5.73 Å². The minimum atomic E-state index is -0.515. The highest BCUT2D eigenvalue weighted by atomic mass is 79.9. The van der Waals surface area contributed by atoms with Crippen molar-refractivity contribution in [1.29, 1.82) is 0 Å². The number of anilines is 3. The van der Waals surface area contributed by atoms with E-state index in [-0.39, 0.29) is 0 Å². The molecular formula is C14H14BrN3O. The summed E-state index contributed by atoms with van der Waals surface area (Å²) >= 11 is 3.45. The lowest BCUT2D eigenvalue weighted by Gasteiger charge is -2.14. The summed E-state index contributed by atoms with van der Waals surface area (Å²) in [6.07, 6.45) is 0. The van der Waals surface area contributed by atoms with Gasteiger partial charge >= 0.3 is 0 Å². The number of para-hydroxylation sites is 1. The van der Waals surface area contributed by atoms with Crippen molar-refractivity contribution in [3.05, 3.63) is 52.0 Å². The third kappa shape index (κ3) is 2.88. The Morgan fingerprint density at radius 2 is 2.00 bits per heavy atom. The molecule has 2 aromatic carbocycles. The molecule has 2 aromatic rings. The van der Waals surface area contributed by atoms with Gasteiger partial charge in [-0.05, 0) is 52.7 Å². The van der Waals surface area contributed by atoms with Crippen molar-refractivity contribution in [2.75, 3.05) is 11.1 Å². The number of rotatable bonds is 3. The summed E-state index contributed by atoms with van der Waals surface area (Å²) in [6, 6.07) is 10.9. The summed E-state index contributed by atoms with van der Waals surface area (Å²) in [7, 11) is 0. The van der Waals surface area contributed by atoms with Crippen molar-refractivity contribution >= 4 is 38.9 Å². The van der Waals surface area contributed by atoms with Crippen molar-refractivity contribution in [1.82, 2.24) is 0 Å². The average molecular weight is 320 g/mol. The van der Waals surface area contributed by atoms with Crippen LogP contribution in [0.25, 0.3) is 0 Å². The van der Waals surface area contributed by atoms with E-state index in [0.29, 0.717) is 16.9 Å². The van der Waals surface area contributed by atoms with Crippen LogP contribution in [0.2, 0.25) is 0 Å². The standard InChI is InChI=1S/C14H14BrN3O/c1-8-5-6-10(15)12(7-8)18-13-9(14(17)19)3-2-4-11(13)16/h2-7,18H,16H2,1H3,(H2,17,19). The first-order chi connectivity index (χ1) is 8.99. The van der Waals surface area contributed by atoms with Gasteiger partial charge in [-0.2, -0.15) is 0 Å².